The Balaban J connectivity index is 1.24. The Kier molecular flexibility index (Phi) is 9.26. The molecule has 6 rings (SSSR count). The van der Waals surface area contributed by atoms with Crippen LogP contribution in [0.15, 0.2) is 49.2 Å². The number of carbonyl (C=O) groups is 4. The van der Waals surface area contributed by atoms with Crippen molar-refractivity contribution in [1.82, 2.24) is 30.2 Å². The molecule has 0 spiro atoms. The number of benzene rings is 1. The fourth-order valence-electron chi connectivity index (χ4n) is 6.58. The van der Waals surface area contributed by atoms with Crippen molar-refractivity contribution in [3.05, 3.63) is 60.3 Å². The number of fused-ring (bicyclic) bond motifs is 1. The van der Waals surface area contributed by atoms with Crippen LogP contribution in [0.2, 0.25) is 0 Å². The normalized spacial score (nSPS) is 24.8. The molecule has 5 atom stereocenters. The molecule has 268 valence electrons. The Morgan fingerprint density at radius 3 is 2.36 bits per heavy atom. The van der Waals surface area contributed by atoms with E-state index in [2.05, 4.69) is 44.0 Å². The standard InChI is InChI=1S/C34H43N7O8S/c1-6-22-16-34(22,30(44)39-50(46,47)24-11-12-24)38-28(42)25-15-23(19-41(25)29(43)27(33(2,3)4)37-32(45)48-5)49-26-13-14-35-31(36-26)40-17-20-9-7-8-10-21(20)18-40/h6-10,13-14,22-25,27H,1,11-12,15-19H2,2-5H3,(H,37,45)(H,38,42)(H,39,44). The molecule has 4 aliphatic rings. The van der Waals surface area contributed by atoms with E-state index < -0.39 is 74.1 Å². The van der Waals surface area contributed by atoms with Crippen LogP contribution in [0.3, 0.4) is 0 Å². The second-order valence-corrected chi connectivity index (χ2v) is 16.4. The summed E-state index contributed by atoms with van der Waals surface area (Å²) in [6, 6.07) is 7.46. The molecule has 2 aliphatic carbocycles. The molecule has 2 saturated carbocycles. The molecule has 15 nitrogen and oxygen atoms in total. The summed E-state index contributed by atoms with van der Waals surface area (Å²) in [6.07, 6.45) is 2.65. The van der Waals surface area contributed by atoms with Crippen LogP contribution in [-0.4, -0.2) is 89.7 Å². The van der Waals surface area contributed by atoms with Crippen molar-refractivity contribution in [2.45, 2.75) is 88.5 Å². The molecule has 1 saturated heterocycles. The quantitative estimate of drug-likeness (QED) is 0.289. The Morgan fingerprint density at radius 2 is 1.78 bits per heavy atom. The monoisotopic (exact) mass is 709 g/mol. The number of methoxy groups -OCH3 is 1. The zero-order chi connectivity index (χ0) is 36.0. The Morgan fingerprint density at radius 1 is 1.10 bits per heavy atom. The molecule has 4 amide bonds. The zero-order valence-corrected chi connectivity index (χ0v) is 29.4. The van der Waals surface area contributed by atoms with E-state index in [1.165, 1.54) is 29.2 Å². The van der Waals surface area contributed by atoms with Gasteiger partial charge in [0.2, 0.25) is 33.7 Å². The van der Waals surface area contributed by atoms with Gasteiger partial charge in [0.15, 0.2) is 0 Å². The highest BCUT2D eigenvalue weighted by atomic mass is 32.2. The van der Waals surface area contributed by atoms with Gasteiger partial charge in [0, 0.05) is 37.7 Å². The van der Waals surface area contributed by atoms with Crippen LogP contribution < -0.4 is 25.0 Å². The van der Waals surface area contributed by atoms with E-state index in [0.29, 0.717) is 31.9 Å². The van der Waals surface area contributed by atoms with Gasteiger partial charge in [-0.1, -0.05) is 51.1 Å². The van der Waals surface area contributed by atoms with Crippen molar-refractivity contribution >= 4 is 39.8 Å². The summed E-state index contributed by atoms with van der Waals surface area (Å²) in [5.74, 6) is -1.87. The van der Waals surface area contributed by atoms with E-state index in [4.69, 9.17) is 9.47 Å². The summed E-state index contributed by atoms with van der Waals surface area (Å²) >= 11 is 0. The van der Waals surface area contributed by atoms with Gasteiger partial charge in [0.25, 0.3) is 5.91 Å². The molecule has 3 heterocycles. The lowest BCUT2D eigenvalue weighted by Gasteiger charge is -2.35. The van der Waals surface area contributed by atoms with Crippen LogP contribution in [0.1, 0.15) is 57.6 Å². The summed E-state index contributed by atoms with van der Waals surface area (Å²) in [5, 5.41) is 4.72. The Hall–Kier alpha value is -4.73. The van der Waals surface area contributed by atoms with Crippen LogP contribution in [0, 0.1) is 11.3 Å². The number of rotatable bonds is 11. The van der Waals surface area contributed by atoms with E-state index in [0.717, 1.165) is 0 Å². The molecular formula is C34H43N7O8S. The summed E-state index contributed by atoms with van der Waals surface area (Å²) in [7, 11) is -2.70. The van der Waals surface area contributed by atoms with Crippen LogP contribution >= 0.6 is 0 Å². The highest BCUT2D eigenvalue weighted by Gasteiger charge is 2.62. The predicted molar refractivity (Wildman–Crippen MR) is 181 cm³/mol. The first-order valence-corrected chi connectivity index (χ1v) is 18.2. The minimum Gasteiger partial charge on any atom is -0.472 e. The maximum atomic E-state index is 14.2. The summed E-state index contributed by atoms with van der Waals surface area (Å²) < 4.78 is 38.4. The SMILES string of the molecule is C=CC1CC1(NC(=O)C1CC(Oc2ccnc(N3Cc4ccccc4C3)n2)CN1C(=O)C(NC(=O)OC)C(C)(C)C)C(=O)NS(=O)(=O)C1CC1. The number of ether oxygens (including phenoxy) is 2. The minimum absolute atomic E-state index is 0.0258. The smallest absolute Gasteiger partial charge is 0.407 e. The lowest BCUT2D eigenvalue weighted by molar-refractivity contribution is -0.142. The van der Waals surface area contributed by atoms with Crippen molar-refractivity contribution in [2.75, 3.05) is 18.6 Å². The van der Waals surface area contributed by atoms with Crippen LogP contribution in [0.5, 0.6) is 5.88 Å². The highest BCUT2D eigenvalue weighted by Crippen LogP contribution is 2.45. The molecule has 3 N–H and O–H groups in total. The lowest BCUT2D eigenvalue weighted by Crippen LogP contribution is -2.60. The van der Waals surface area contributed by atoms with Crippen LogP contribution in [0.25, 0.3) is 0 Å². The number of likely N-dealkylation sites (tertiary alicyclic amines) is 1. The second-order valence-electron chi connectivity index (χ2n) is 14.4. The lowest BCUT2D eigenvalue weighted by atomic mass is 9.85. The molecule has 1 aromatic carbocycles. The van der Waals surface area contributed by atoms with Gasteiger partial charge in [-0.2, -0.15) is 4.98 Å². The van der Waals surface area contributed by atoms with Gasteiger partial charge in [-0.05, 0) is 35.8 Å². The number of hydrogen-bond acceptors (Lipinski definition) is 11. The zero-order valence-electron chi connectivity index (χ0n) is 28.5. The third kappa shape index (κ3) is 7.11. The topological polar surface area (TPSA) is 189 Å². The van der Waals surface area contributed by atoms with Crippen LogP contribution in [-0.2, 0) is 42.2 Å². The predicted octanol–water partition coefficient (Wildman–Crippen LogP) is 1.79. The molecular weight excluding hydrogens is 666 g/mol. The summed E-state index contributed by atoms with van der Waals surface area (Å²) in [6.45, 7) is 10.3. The third-order valence-corrected chi connectivity index (χ3v) is 11.5. The van der Waals surface area contributed by atoms with Crippen molar-refractivity contribution in [2.24, 2.45) is 11.3 Å². The average molecular weight is 710 g/mol. The largest absolute Gasteiger partial charge is 0.472 e. The number of nitrogens with one attached hydrogen (secondary N) is 3. The number of anilines is 1. The van der Waals surface area contributed by atoms with Gasteiger partial charge in [-0.15, -0.1) is 6.58 Å². The van der Waals surface area contributed by atoms with E-state index in [9.17, 15) is 27.6 Å². The molecule has 2 aromatic rings. The van der Waals surface area contributed by atoms with E-state index in [-0.39, 0.29) is 25.3 Å². The van der Waals surface area contributed by atoms with E-state index in [1.54, 1.807) is 33.0 Å². The summed E-state index contributed by atoms with van der Waals surface area (Å²) in [4.78, 5) is 66.4. The van der Waals surface area contributed by atoms with Crippen molar-refractivity contribution in [3.8, 4) is 5.88 Å². The second kappa shape index (κ2) is 13.2. The molecule has 16 heteroatoms. The van der Waals surface area contributed by atoms with Gasteiger partial charge in [-0.25, -0.2) is 18.2 Å². The molecule has 3 fully saturated rings. The molecule has 0 radical (unpaired) electrons. The van der Waals surface area contributed by atoms with Crippen molar-refractivity contribution < 1.29 is 37.1 Å². The molecule has 0 bridgehead atoms. The first kappa shape index (κ1) is 35.1. The van der Waals surface area contributed by atoms with Gasteiger partial charge in [0.1, 0.15) is 23.7 Å². The van der Waals surface area contributed by atoms with Crippen molar-refractivity contribution in [3.63, 3.8) is 0 Å². The van der Waals surface area contributed by atoms with E-state index in [1.807, 2.05) is 17.0 Å². The molecule has 2 aliphatic heterocycles. The maximum Gasteiger partial charge on any atom is 0.407 e. The van der Waals surface area contributed by atoms with Crippen LogP contribution in [0.4, 0.5) is 10.7 Å². The number of nitrogens with zero attached hydrogens (tertiary/aromatic N) is 4. The first-order chi connectivity index (χ1) is 23.6. The molecule has 5 unspecified atom stereocenters. The Bertz CT molecular complexity index is 1790. The maximum absolute atomic E-state index is 14.2. The fourth-order valence-corrected chi connectivity index (χ4v) is 7.94. The molecule has 50 heavy (non-hydrogen) atoms. The highest BCUT2D eigenvalue weighted by molar-refractivity contribution is 7.91. The molecule has 1 aromatic heterocycles. The van der Waals surface area contributed by atoms with E-state index >= 15 is 0 Å². The van der Waals surface area contributed by atoms with Gasteiger partial charge >= 0.3 is 6.09 Å². The number of carbonyl (C=O) groups excluding carboxylic acids is 4. The first-order valence-electron chi connectivity index (χ1n) is 16.6. The number of hydrogen-bond donors (Lipinski definition) is 3. The van der Waals surface area contributed by atoms with Gasteiger partial charge in [-0.3, -0.25) is 19.1 Å². The third-order valence-electron chi connectivity index (χ3n) is 9.69. The average Bonchev–Trinajstić information content (AvgIpc) is 3.97. The van der Waals surface area contributed by atoms with Crippen molar-refractivity contribution in [1.29, 1.82) is 0 Å². The number of alkyl carbamates (subject to hydrolysis) is 1. The van der Waals surface area contributed by atoms with Gasteiger partial charge in [0.05, 0.1) is 18.9 Å². The van der Waals surface area contributed by atoms with Gasteiger partial charge < -0.3 is 29.9 Å². The minimum atomic E-state index is -3.89. The Labute approximate surface area is 291 Å². The fraction of sp³-hybridized carbons (Fsp3) is 0.529. The summed E-state index contributed by atoms with van der Waals surface area (Å²) in [5.41, 5.74) is 0.0297. The number of amides is 4. The number of sulfonamides is 1. The number of aromatic nitrogens is 2.